The molecule has 0 spiro atoms. The normalized spacial score (nSPS) is 41.4. The highest BCUT2D eigenvalue weighted by molar-refractivity contribution is 7.61. The Kier molecular flexibility index (Phi) is 5.74. The van der Waals surface area contributed by atoms with Crippen molar-refractivity contribution in [1.29, 1.82) is 0 Å². The van der Waals surface area contributed by atoms with E-state index in [1.807, 2.05) is 13.8 Å². The van der Waals surface area contributed by atoms with Crippen LogP contribution in [-0.2, 0) is 0 Å². The molecule has 2 aliphatic rings. The summed E-state index contributed by atoms with van der Waals surface area (Å²) in [7, 11) is 0.603. The van der Waals surface area contributed by atoms with E-state index in [-0.39, 0.29) is 0 Å². The summed E-state index contributed by atoms with van der Waals surface area (Å²) in [5, 5.41) is 0. The quantitative estimate of drug-likeness (QED) is 0.619. The second-order valence-corrected chi connectivity index (χ2v) is 10.7. The van der Waals surface area contributed by atoms with Gasteiger partial charge in [-0.25, -0.2) is 0 Å². The van der Waals surface area contributed by atoms with Gasteiger partial charge in [0.05, 0.1) is 0 Å². The highest BCUT2D eigenvalue weighted by Gasteiger charge is 2.53. The van der Waals surface area contributed by atoms with Crippen molar-refractivity contribution in [2.75, 3.05) is 26.7 Å². The Balaban J connectivity index is 0.000000606. The van der Waals surface area contributed by atoms with Crippen LogP contribution in [0.3, 0.4) is 0 Å². The predicted molar refractivity (Wildman–Crippen MR) is 81.8 cm³/mol. The third-order valence-electron chi connectivity index (χ3n) is 4.60. The molecule has 0 nitrogen and oxygen atoms in total. The molecule has 4 unspecified atom stereocenters. The largest absolute Gasteiger partial charge is 0.109 e. The third-order valence-corrected chi connectivity index (χ3v) is 8.63. The van der Waals surface area contributed by atoms with E-state index < -0.39 is 0 Å². The zero-order valence-corrected chi connectivity index (χ0v) is 14.0. The molecule has 2 bridgehead atoms. The first kappa shape index (κ1) is 14.9. The minimum absolute atomic E-state index is 0.302. The van der Waals surface area contributed by atoms with Gasteiger partial charge in [-0.15, -0.1) is 15.8 Å². The SMILES string of the molecule is CC.CC1C2CCC1[C@@H](P(C)C)C2P(C)C. The van der Waals surface area contributed by atoms with E-state index >= 15 is 0 Å². The summed E-state index contributed by atoms with van der Waals surface area (Å²) >= 11 is 0. The Hall–Kier alpha value is 0.860. The smallest absolute Gasteiger partial charge is 0.0113 e. The Morgan fingerprint density at radius 2 is 1.06 bits per heavy atom. The van der Waals surface area contributed by atoms with Gasteiger partial charge in [-0.05, 0) is 68.6 Å². The summed E-state index contributed by atoms with van der Waals surface area (Å²) in [5.41, 5.74) is 2.25. The number of fused-ring (bicyclic) bond motifs is 2. The molecule has 0 N–H and O–H groups in total. The monoisotopic (exact) mass is 260 g/mol. The van der Waals surface area contributed by atoms with E-state index in [9.17, 15) is 0 Å². The summed E-state index contributed by atoms with van der Waals surface area (Å²) in [5.74, 6) is 3.27. The predicted octanol–water partition coefficient (Wildman–Crippen LogP) is 4.91. The van der Waals surface area contributed by atoms with Gasteiger partial charge in [0.2, 0.25) is 0 Å². The minimum Gasteiger partial charge on any atom is -0.109 e. The van der Waals surface area contributed by atoms with E-state index in [1.54, 1.807) is 12.8 Å². The number of hydrogen-bond donors (Lipinski definition) is 0. The van der Waals surface area contributed by atoms with E-state index in [1.165, 1.54) is 0 Å². The van der Waals surface area contributed by atoms with Crippen LogP contribution in [0.1, 0.15) is 33.6 Å². The van der Waals surface area contributed by atoms with Crippen molar-refractivity contribution >= 4 is 15.8 Å². The molecule has 0 aliphatic heterocycles. The van der Waals surface area contributed by atoms with Gasteiger partial charge in [0.1, 0.15) is 0 Å². The molecule has 0 radical (unpaired) electrons. The Bertz CT molecular complexity index is 191. The standard InChI is InChI=1S/C12H24P2.C2H6/c1-8-9-6-7-10(8)12(14(4)5)11(9)13(2)3;1-2/h8-12H,6-7H2,1-5H3;1-2H3/t8?,9?,10?,11-,12?;/m1./s1. The maximum atomic E-state index is 2.53. The molecule has 0 aromatic heterocycles. The van der Waals surface area contributed by atoms with Crippen molar-refractivity contribution in [2.45, 2.75) is 44.9 Å². The lowest BCUT2D eigenvalue weighted by atomic mass is 9.99. The highest BCUT2D eigenvalue weighted by Crippen LogP contribution is 2.65. The summed E-state index contributed by atoms with van der Waals surface area (Å²) in [6.07, 6.45) is 3.10. The van der Waals surface area contributed by atoms with Crippen molar-refractivity contribution in [3.05, 3.63) is 0 Å². The van der Waals surface area contributed by atoms with Crippen molar-refractivity contribution in [3.8, 4) is 0 Å². The summed E-state index contributed by atoms with van der Waals surface area (Å²) in [4.78, 5) is 0. The zero-order chi connectivity index (χ0) is 12.5. The topological polar surface area (TPSA) is 0 Å². The lowest BCUT2D eigenvalue weighted by molar-refractivity contribution is 0.449. The molecule has 5 atom stereocenters. The van der Waals surface area contributed by atoms with Gasteiger partial charge in [0.15, 0.2) is 0 Å². The van der Waals surface area contributed by atoms with Crippen LogP contribution < -0.4 is 0 Å². The molecule has 0 aromatic rings. The van der Waals surface area contributed by atoms with Crippen LogP contribution in [0, 0.1) is 17.8 Å². The first-order chi connectivity index (χ1) is 7.54. The fraction of sp³-hybridized carbons (Fsp3) is 1.00. The fourth-order valence-corrected chi connectivity index (χ4v) is 9.71. The summed E-state index contributed by atoms with van der Waals surface area (Å²) < 4.78 is 0. The van der Waals surface area contributed by atoms with E-state index in [0.717, 1.165) is 29.1 Å². The highest BCUT2D eigenvalue weighted by atomic mass is 31.1. The van der Waals surface area contributed by atoms with Crippen molar-refractivity contribution in [1.82, 2.24) is 0 Å². The Morgan fingerprint density at radius 3 is 1.31 bits per heavy atom. The van der Waals surface area contributed by atoms with Gasteiger partial charge < -0.3 is 0 Å². The van der Waals surface area contributed by atoms with Crippen LogP contribution in [0.5, 0.6) is 0 Å². The molecule has 96 valence electrons. The van der Waals surface area contributed by atoms with E-state index in [2.05, 4.69) is 33.6 Å². The van der Waals surface area contributed by atoms with Crippen LogP contribution in [0.2, 0.25) is 0 Å². The molecular formula is C14H30P2. The lowest BCUT2D eigenvalue weighted by Crippen LogP contribution is -2.29. The van der Waals surface area contributed by atoms with Gasteiger partial charge in [0.25, 0.3) is 0 Å². The molecule has 2 saturated carbocycles. The fourth-order valence-electron chi connectivity index (χ4n) is 4.08. The van der Waals surface area contributed by atoms with Crippen molar-refractivity contribution in [3.63, 3.8) is 0 Å². The molecule has 2 aliphatic carbocycles. The first-order valence-electron chi connectivity index (χ1n) is 6.87. The molecule has 0 heterocycles. The molecule has 0 saturated heterocycles. The second kappa shape index (κ2) is 6.15. The Labute approximate surface area is 105 Å². The van der Waals surface area contributed by atoms with Gasteiger partial charge in [-0.3, -0.25) is 0 Å². The maximum absolute atomic E-state index is 2.53. The third kappa shape index (κ3) is 2.49. The molecular weight excluding hydrogens is 230 g/mol. The van der Waals surface area contributed by atoms with Crippen LogP contribution in [0.4, 0.5) is 0 Å². The molecule has 0 aromatic carbocycles. The zero-order valence-electron chi connectivity index (χ0n) is 12.2. The average Bonchev–Trinajstić information content (AvgIpc) is 2.74. The van der Waals surface area contributed by atoms with Gasteiger partial charge in [-0.1, -0.05) is 20.8 Å². The number of rotatable bonds is 2. The lowest BCUT2D eigenvalue weighted by Gasteiger charge is -2.36. The second-order valence-electron chi connectivity index (χ2n) is 5.67. The van der Waals surface area contributed by atoms with Crippen LogP contribution >= 0.6 is 15.8 Å². The Morgan fingerprint density at radius 1 is 0.750 bits per heavy atom. The molecule has 2 rings (SSSR count). The maximum Gasteiger partial charge on any atom is -0.0113 e. The summed E-state index contributed by atoms with van der Waals surface area (Å²) in [6.45, 7) is 16.6. The summed E-state index contributed by atoms with van der Waals surface area (Å²) in [6, 6.07) is 0. The van der Waals surface area contributed by atoms with E-state index in [0.29, 0.717) is 15.8 Å². The van der Waals surface area contributed by atoms with Crippen LogP contribution in [0.15, 0.2) is 0 Å². The van der Waals surface area contributed by atoms with Gasteiger partial charge in [-0.2, -0.15) is 0 Å². The van der Waals surface area contributed by atoms with Crippen LogP contribution in [-0.4, -0.2) is 38.0 Å². The molecule has 16 heavy (non-hydrogen) atoms. The molecule has 0 amide bonds. The van der Waals surface area contributed by atoms with Crippen LogP contribution in [0.25, 0.3) is 0 Å². The van der Waals surface area contributed by atoms with Gasteiger partial charge in [0, 0.05) is 0 Å². The van der Waals surface area contributed by atoms with Crippen molar-refractivity contribution in [2.24, 2.45) is 17.8 Å². The van der Waals surface area contributed by atoms with Crippen molar-refractivity contribution < 1.29 is 0 Å². The van der Waals surface area contributed by atoms with E-state index in [4.69, 9.17) is 0 Å². The molecule has 2 fully saturated rings. The van der Waals surface area contributed by atoms with Gasteiger partial charge >= 0.3 is 0 Å². The molecule has 2 heteroatoms. The first-order valence-corrected chi connectivity index (χ1v) is 11.5. The minimum atomic E-state index is 0.302. The number of hydrogen-bond acceptors (Lipinski definition) is 0. The average molecular weight is 260 g/mol.